The maximum Gasteiger partial charge on any atom is 0.262 e. The Labute approximate surface area is 146 Å². The molecule has 0 atom stereocenters. The Balaban J connectivity index is 1.83. The number of aryl methyl sites for hydroxylation is 1. The van der Waals surface area contributed by atoms with Crippen molar-refractivity contribution in [1.29, 1.82) is 0 Å². The van der Waals surface area contributed by atoms with Crippen LogP contribution in [0, 0.1) is 0 Å². The smallest absolute Gasteiger partial charge is 0.262 e. The third-order valence-electron chi connectivity index (χ3n) is 3.85. The zero-order chi connectivity index (χ0) is 16.7. The summed E-state index contributed by atoms with van der Waals surface area (Å²) < 4.78 is 3.45. The van der Waals surface area contributed by atoms with Crippen LogP contribution in [0.5, 0.6) is 0 Å². The van der Waals surface area contributed by atoms with Gasteiger partial charge < -0.3 is 0 Å². The van der Waals surface area contributed by atoms with Gasteiger partial charge in [-0.1, -0.05) is 47.6 Å². The van der Waals surface area contributed by atoms with Crippen LogP contribution in [0.15, 0.2) is 58.5 Å². The van der Waals surface area contributed by atoms with E-state index in [-0.39, 0.29) is 5.56 Å². The first-order valence-corrected chi connectivity index (χ1v) is 8.71. The molecule has 0 bridgehead atoms. The maximum absolute atomic E-state index is 12.4. The summed E-state index contributed by atoms with van der Waals surface area (Å²) in [6, 6.07) is 15.2. The summed E-state index contributed by atoms with van der Waals surface area (Å²) in [4.78, 5) is 12.4. The van der Waals surface area contributed by atoms with E-state index in [1.54, 1.807) is 18.8 Å². The number of hydrogen-bond acceptors (Lipinski definition) is 4. The molecule has 0 saturated carbocycles. The molecule has 4 aromatic rings. The van der Waals surface area contributed by atoms with E-state index in [0.29, 0.717) is 16.2 Å². The lowest BCUT2D eigenvalue weighted by Gasteiger charge is -2.07. The van der Waals surface area contributed by atoms with E-state index in [2.05, 4.69) is 10.2 Å². The van der Waals surface area contributed by atoms with E-state index in [0.717, 1.165) is 22.0 Å². The topological polar surface area (TPSA) is 52.2 Å². The molecule has 24 heavy (non-hydrogen) atoms. The number of aromatic nitrogens is 4. The second-order valence-electron chi connectivity index (χ2n) is 5.42. The number of rotatable bonds is 3. The monoisotopic (exact) mass is 356 g/mol. The molecule has 0 fully saturated rings. The predicted octanol–water partition coefficient (Wildman–Crippen LogP) is 3.53. The minimum absolute atomic E-state index is 0.0723. The minimum Gasteiger partial charge on any atom is -0.279 e. The van der Waals surface area contributed by atoms with Crippen LogP contribution in [-0.4, -0.2) is 19.2 Å². The van der Waals surface area contributed by atoms with Gasteiger partial charge in [0.05, 0.1) is 10.9 Å². The number of thioether (sulfide) groups is 1. The molecule has 0 spiro atoms. The molecule has 5 nitrogen and oxygen atoms in total. The molecule has 0 aliphatic heterocycles. The van der Waals surface area contributed by atoms with Crippen molar-refractivity contribution in [2.75, 3.05) is 0 Å². The van der Waals surface area contributed by atoms with E-state index in [1.165, 1.54) is 4.57 Å². The highest BCUT2D eigenvalue weighted by atomic mass is 35.5. The molecule has 2 aromatic carbocycles. The lowest BCUT2D eigenvalue weighted by Crippen LogP contribution is -2.20. The summed E-state index contributed by atoms with van der Waals surface area (Å²) in [5.41, 5.74) is 1.85. The fourth-order valence-corrected chi connectivity index (χ4v) is 3.78. The first-order chi connectivity index (χ1) is 11.6. The van der Waals surface area contributed by atoms with Gasteiger partial charge in [0.15, 0.2) is 5.16 Å². The quantitative estimate of drug-likeness (QED) is 0.527. The largest absolute Gasteiger partial charge is 0.279 e. The number of nitrogens with zero attached hydrogens (tertiary/aromatic N) is 4. The summed E-state index contributed by atoms with van der Waals surface area (Å²) in [6.07, 6.45) is 0. The SMILES string of the molecule is Cn1c(=O)c2ccccc2n2c(SCc3cccc(Cl)c3)nnc12. The molecule has 0 aliphatic rings. The van der Waals surface area contributed by atoms with Crippen LogP contribution in [0.4, 0.5) is 0 Å². The van der Waals surface area contributed by atoms with Crippen molar-refractivity contribution in [3.05, 3.63) is 69.5 Å². The molecule has 120 valence electrons. The van der Waals surface area contributed by atoms with Crippen LogP contribution in [0.1, 0.15) is 5.56 Å². The zero-order valence-corrected chi connectivity index (χ0v) is 14.4. The van der Waals surface area contributed by atoms with Crippen LogP contribution < -0.4 is 5.56 Å². The van der Waals surface area contributed by atoms with Crippen LogP contribution in [0.3, 0.4) is 0 Å². The average molecular weight is 357 g/mol. The second-order valence-corrected chi connectivity index (χ2v) is 6.80. The third kappa shape index (κ3) is 2.48. The molecule has 7 heteroatoms. The highest BCUT2D eigenvalue weighted by Crippen LogP contribution is 2.25. The predicted molar refractivity (Wildman–Crippen MR) is 96.7 cm³/mol. The van der Waals surface area contributed by atoms with Crippen molar-refractivity contribution in [2.24, 2.45) is 7.05 Å². The fraction of sp³-hybridized carbons (Fsp3) is 0.118. The van der Waals surface area contributed by atoms with Gasteiger partial charge in [-0.2, -0.15) is 0 Å². The van der Waals surface area contributed by atoms with Crippen molar-refractivity contribution in [3.63, 3.8) is 0 Å². The first-order valence-electron chi connectivity index (χ1n) is 7.35. The number of halogens is 1. The van der Waals surface area contributed by atoms with Crippen LogP contribution >= 0.6 is 23.4 Å². The van der Waals surface area contributed by atoms with Crippen molar-refractivity contribution in [2.45, 2.75) is 10.9 Å². The molecule has 0 N–H and O–H groups in total. The fourth-order valence-electron chi connectivity index (χ4n) is 2.68. The lowest BCUT2D eigenvalue weighted by atomic mass is 10.2. The van der Waals surface area contributed by atoms with E-state index >= 15 is 0 Å². The highest BCUT2D eigenvalue weighted by molar-refractivity contribution is 7.98. The zero-order valence-electron chi connectivity index (χ0n) is 12.8. The molecule has 2 heterocycles. The van der Waals surface area contributed by atoms with E-state index in [9.17, 15) is 4.79 Å². The molecular formula is C17H13ClN4OS. The second kappa shape index (κ2) is 5.96. The number of fused-ring (bicyclic) bond motifs is 3. The molecule has 0 aliphatic carbocycles. The van der Waals surface area contributed by atoms with Gasteiger partial charge in [0.1, 0.15) is 0 Å². The Hall–Kier alpha value is -2.31. The van der Waals surface area contributed by atoms with E-state index < -0.39 is 0 Å². The van der Waals surface area contributed by atoms with Gasteiger partial charge in [-0.05, 0) is 29.8 Å². The first kappa shape index (κ1) is 15.2. The van der Waals surface area contributed by atoms with Crippen molar-refractivity contribution in [3.8, 4) is 0 Å². The number of para-hydroxylation sites is 1. The van der Waals surface area contributed by atoms with Crippen LogP contribution in [0.25, 0.3) is 16.7 Å². The standard InChI is InChI=1S/C17H13ClN4OS/c1-21-15(23)13-7-2-3-8-14(13)22-16(21)19-20-17(22)24-10-11-5-4-6-12(18)9-11/h2-9H,10H2,1H3. The Bertz CT molecular complexity index is 1120. The minimum atomic E-state index is -0.0723. The van der Waals surface area contributed by atoms with Gasteiger partial charge in [-0.15, -0.1) is 10.2 Å². The third-order valence-corrected chi connectivity index (χ3v) is 5.09. The molecule has 0 unspecified atom stereocenters. The molecule has 4 rings (SSSR count). The van der Waals surface area contributed by atoms with Crippen molar-refractivity contribution in [1.82, 2.24) is 19.2 Å². The Morgan fingerprint density at radius 2 is 1.96 bits per heavy atom. The Morgan fingerprint density at radius 3 is 2.79 bits per heavy atom. The molecular weight excluding hydrogens is 344 g/mol. The summed E-state index contributed by atoms with van der Waals surface area (Å²) in [7, 11) is 1.71. The normalized spacial score (nSPS) is 11.4. The van der Waals surface area contributed by atoms with Gasteiger partial charge >= 0.3 is 0 Å². The van der Waals surface area contributed by atoms with Crippen molar-refractivity contribution < 1.29 is 0 Å². The summed E-state index contributed by atoms with van der Waals surface area (Å²) in [5.74, 6) is 1.26. The van der Waals surface area contributed by atoms with E-state index in [4.69, 9.17) is 11.6 Å². The number of benzene rings is 2. The van der Waals surface area contributed by atoms with Gasteiger partial charge in [-0.3, -0.25) is 13.8 Å². The van der Waals surface area contributed by atoms with Gasteiger partial charge in [-0.25, -0.2) is 0 Å². The molecule has 0 radical (unpaired) electrons. The lowest BCUT2D eigenvalue weighted by molar-refractivity contribution is 0.853. The van der Waals surface area contributed by atoms with Crippen LogP contribution in [0.2, 0.25) is 5.02 Å². The summed E-state index contributed by atoms with van der Waals surface area (Å²) in [5, 5.41) is 10.6. The average Bonchev–Trinajstić information content (AvgIpc) is 3.02. The molecule has 2 aromatic heterocycles. The Kier molecular flexibility index (Phi) is 3.78. The van der Waals surface area contributed by atoms with Crippen molar-refractivity contribution >= 4 is 40.0 Å². The van der Waals surface area contributed by atoms with E-state index in [1.807, 2.05) is 52.9 Å². The Morgan fingerprint density at radius 1 is 1.12 bits per heavy atom. The van der Waals surface area contributed by atoms with Gasteiger partial charge in [0, 0.05) is 17.8 Å². The van der Waals surface area contributed by atoms with Gasteiger partial charge in [0.2, 0.25) is 5.78 Å². The van der Waals surface area contributed by atoms with Crippen LogP contribution in [-0.2, 0) is 12.8 Å². The summed E-state index contributed by atoms with van der Waals surface area (Å²) >= 11 is 7.60. The molecule has 0 amide bonds. The van der Waals surface area contributed by atoms with Gasteiger partial charge in [0.25, 0.3) is 5.56 Å². The maximum atomic E-state index is 12.4. The summed E-state index contributed by atoms with van der Waals surface area (Å²) in [6.45, 7) is 0. The molecule has 0 saturated heterocycles. The number of hydrogen-bond donors (Lipinski definition) is 0. The highest BCUT2D eigenvalue weighted by Gasteiger charge is 2.14.